The van der Waals surface area contributed by atoms with Crippen LogP contribution in [0.25, 0.3) is 5.52 Å². The molecule has 2 aromatic carbocycles. The highest BCUT2D eigenvalue weighted by Crippen LogP contribution is 2.54. The summed E-state index contributed by atoms with van der Waals surface area (Å²) in [6, 6.07) is 19.2. The molecule has 0 bridgehead atoms. The smallest absolute Gasteiger partial charge is 0.402 e. The zero-order chi connectivity index (χ0) is 48.4. The Morgan fingerprint density at radius 3 is 2.16 bits per heavy atom. The zero-order valence-corrected chi connectivity index (χ0v) is 42.0. The molecule has 15 nitrogen and oxygen atoms in total. The molecule has 4 aromatic rings. The molecule has 4 heterocycles. The number of para-hydroxylation sites is 1. The first-order chi connectivity index (χ1) is 32.9. The van der Waals surface area contributed by atoms with Crippen molar-refractivity contribution in [2.75, 3.05) is 32.2 Å². The molecule has 0 radical (unpaired) electrons. The lowest BCUT2D eigenvalue weighted by atomic mass is 9.92. The van der Waals surface area contributed by atoms with Crippen molar-refractivity contribution in [3.05, 3.63) is 87.8 Å². The number of phosphoric ester groups is 1. The number of hydrogen-bond acceptors (Lipinski definition) is 14. The number of halogens is 2. The van der Waals surface area contributed by atoms with Crippen LogP contribution in [-0.4, -0.2) is 71.2 Å². The molecule has 68 heavy (non-hydrogen) atoms. The van der Waals surface area contributed by atoms with Gasteiger partial charge in [0.05, 0.1) is 47.7 Å². The minimum Gasteiger partial charge on any atom is -0.402 e. The second-order valence-electron chi connectivity index (χ2n) is 18.0. The number of nitrogen functional groups attached to an aromatic ring is 1. The molecule has 0 amide bonds. The van der Waals surface area contributed by atoms with Gasteiger partial charge in [-0.2, -0.15) is 15.6 Å². The molecule has 1 unspecified atom stereocenters. The first-order valence-corrected chi connectivity index (χ1v) is 26.4. The van der Waals surface area contributed by atoms with Crippen LogP contribution in [0.2, 0.25) is 10.0 Å². The van der Waals surface area contributed by atoms with Crippen molar-refractivity contribution in [1.29, 1.82) is 10.5 Å². The summed E-state index contributed by atoms with van der Waals surface area (Å²) in [5.41, 5.74) is 6.23. The molecule has 2 N–H and O–H groups in total. The van der Waals surface area contributed by atoms with Crippen molar-refractivity contribution in [2.24, 2.45) is 0 Å². The number of ether oxygens (including phenoxy) is 5. The Hall–Kier alpha value is -3.83. The summed E-state index contributed by atoms with van der Waals surface area (Å²) in [4.78, 5) is 4.06. The number of anilines is 1. The topological polar surface area (TPSA) is 195 Å². The van der Waals surface area contributed by atoms with Gasteiger partial charge in [0.15, 0.2) is 11.6 Å². The van der Waals surface area contributed by atoms with Crippen LogP contribution in [0.1, 0.15) is 140 Å². The number of rotatable bonds is 31. The van der Waals surface area contributed by atoms with Crippen LogP contribution in [-0.2, 0) is 49.5 Å². The van der Waals surface area contributed by atoms with E-state index >= 15 is 0 Å². The number of phosphoric acid groups is 1. The summed E-state index contributed by atoms with van der Waals surface area (Å²) in [5.74, 6) is -0.858. The molecular formula is C50H67Cl2N6O9P. The van der Waals surface area contributed by atoms with Gasteiger partial charge < -0.3 is 33.9 Å². The highest BCUT2D eigenvalue weighted by molar-refractivity contribution is 7.49. The molecule has 2 aromatic heterocycles. The maximum absolute atomic E-state index is 14.8. The van der Waals surface area contributed by atoms with Gasteiger partial charge in [-0.15, -0.1) is 0 Å². The number of aromatic nitrogens is 3. The average Bonchev–Trinajstić information content (AvgIpc) is 4.00. The molecule has 0 aliphatic carbocycles. The van der Waals surface area contributed by atoms with E-state index in [-0.39, 0.29) is 36.4 Å². The number of fused-ring (bicyclic) bond motifs is 2. The third kappa shape index (κ3) is 14.8. The van der Waals surface area contributed by atoms with E-state index in [0.717, 1.165) is 19.3 Å². The molecule has 2 fully saturated rings. The highest BCUT2D eigenvalue weighted by Gasteiger charge is 2.65. The van der Waals surface area contributed by atoms with Gasteiger partial charge in [0.2, 0.25) is 5.60 Å². The maximum Gasteiger partial charge on any atom is 0.530 e. The highest BCUT2D eigenvalue weighted by atomic mass is 35.5. The Morgan fingerprint density at radius 1 is 0.838 bits per heavy atom. The van der Waals surface area contributed by atoms with Gasteiger partial charge in [-0.05, 0) is 62.2 Å². The summed E-state index contributed by atoms with van der Waals surface area (Å²) in [5, 5.41) is 25.0. The Bertz CT molecular complexity index is 2340. The fourth-order valence-corrected chi connectivity index (χ4v) is 10.3. The summed E-state index contributed by atoms with van der Waals surface area (Å²) in [6.07, 6.45) is 18.1. The van der Waals surface area contributed by atoms with Crippen molar-refractivity contribution in [2.45, 2.75) is 166 Å². The molecule has 18 heteroatoms. The van der Waals surface area contributed by atoms with E-state index in [2.05, 4.69) is 29.1 Å². The van der Waals surface area contributed by atoms with Crippen LogP contribution in [0.15, 0.2) is 60.9 Å². The van der Waals surface area contributed by atoms with E-state index in [1.165, 1.54) is 100 Å². The standard InChI is InChI=1S/C50H67Cl2N6O9P/c1-4-5-6-7-8-9-10-11-12-13-14-15-16-17-18-21-28-60-32-39(61-31-37-24-25-38(30-53)41(52)29-37)33-62-68(59,67-43-23-20-19-22-40(43)51)63-34-44-46-47(66-49(2,3)65-46)50(35-54,64-44)45-27-26-42-48(55)56-36-57-58(42)45/h19-20,22-27,29,36,39,44,46-47H,4-18,21,28,31-34H2,1-3H3,(H2,55,56,57)/t39-,44-,46-,47-,50+,68?/m1/s1. The lowest BCUT2D eigenvalue weighted by Gasteiger charge is -2.29. The summed E-state index contributed by atoms with van der Waals surface area (Å²) >= 11 is 12.8. The fourth-order valence-electron chi connectivity index (χ4n) is 8.60. The van der Waals surface area contributed by atoms with Gasteiger partial charge >= 0.3 is 7.82 Å². The predicted molar refractivity (Wildman–Crippen MR) is 260 cm³/mol. The summed E-state index contributed by atoms with van der Waals surface area (Å²) in [6.45, 7) is 5.71. The fraction of sp³-hybridized carbons (Fsp3) is 0.600. The predicted octanol–water partition coefficient (Wildman–Crippen LogP) is 12.2. The molecular weight excluding hydrogens is 930 g/mol. The molecule has 2 aliphatic rings. The number of benzene rings is 2. The number of unbranched alkanes of at least 4 members (excludes halogenated alkanes) is 15. The molecule has 2 saturated heterocycles. The van der Waals surface area contributed by atoms with Crippen LogP contribution in [0.5, 0.6) is 5.75 Å². The van der Waals surface area contributed by atoms with E-state index in [1.54, 1.807) is 62.4 Å². The van der Waals surface area contributed by atoms with E-state index in [4.69, 9.17) is 66.2 Å². The number of nitrogens with two attached hydrogens (primary N) is 1. The maximum atomic E-state index is 14.8. The monoisotopic (exact) mass is 996 g/mol. The van der Waals surface area contributed by atoms with Crippen LogP contribution >= 0.6 is 31.0 Å². The van der Waals surface area contributed by atoms with Gasteiger partial charge in [0.1, 0.15) is 54.1 Å². The van der Waals surface area contributed by atoms with Gasteiger partial charge in [-0.3, -0.25) is 9.05 Å². The van der Waals surface area contributed by atoms with E-state index in [0.29, 0.717) is 34.0 Å². The summed E-state index contributed by atoms with van der Waals surface area (Å²) in [7, 11) is -4.57. The van der Waals surface area contributed by atoms with Crippen molar-refractivity contribution in [3.63, 3.8) is 0 Å². The molecule has 370 valence electrons. The van der Waals surface area contributed by atoms with Crippen LogP contribution in [0, 0.1) is 22.7 Å². The average molecular weight is 998 g/mol. The van der Waals surface area contributed by atoms with Crippen molar-refractivity contribution in [1.82, 2.24) is 14.6 Å². The Balaban J connectivity index is 1.07. The first kappa shape index (κ1) is 53.5. The summed E-state index contributed by atoms with van der Waals surface area (Å²) < 4.78 is 65.9. The Morgan fingerprint density at radius 2 is 1.51 bits per heavy atom. The third-order valence-corrected chi connectivity index (χ3v) is 14.2. The minimum atomic E-state index is -4.57. The SMILES string of the molecule is CCCCCCCCCCCCCCCCCCOC[C@H](COP(=O)(OC[C@H]1O[C@@](C#N)(c2ccc3c(N)ncnn23)[C@@H]2OC(C)(C)O[C@@H]21)Oc1ccccc1Cl)OCc1ccc(C#N)c(Cl)c1. The van der Waals surface area contributed by atoms with Crippen LogP contribution < -0.4 is 10.3 Å². The lowest BCUT2D eigenvalue weighted by molar-refractivity contribution is -0.204. The van der Waals surface area contributed by atoms with Gasteiger partial charge in [0.25, 0.3) is 0 Å². The largest absolute Gasteiger partial charge is 0.530 e. The number of nitrogens with zero attached hydrogens (tertiary/aromatic N) is 5. The van der Waals surface area contributed by atoms with Crippen molar-refractivity contribution >= 4 is 42.4 Å². The van der Waals surface area contributed by atoms with Gasteiger partial charge in [-0.1, -0.05) is 145 Å². The van der Waals surface area contributed by atoms with Crippen LogP contribution in [0.3, 0.4) is 0 Å². The zero-order valence-electron chi connectivity index (χ0n) is 39.6. The Kier molecular flexibility index (Phi) is 20.8. The second kappa shape index (κ2) is 26.4. The van der Waals surface area contributed by atoms with Gasteiger partial charge in [0, 0.05) is 6.61 Å². The number of nitriles is 2. The Labute approximate surface area is 411 Å². The van der Waals surface area contributed by atoms with Crippen LogP contribution in [0.4, 0.5) is 5.82 Å². The molecule has 0 saturated carbocycles. The third-order valence-electron chi connectivity index (χ3n) is 12.2. The quantitative estimate of drug-likeness (QED) is 0.0369. The molecule has 6 atom stereocenters. The van der Waals surface area contributed by atoms with Crippen molar-refractivity contribution < 1.29 is 41.8 Å². The van der Waals surface area contributed by atoms with E-state index < -0.39 is 50.2 Å². The van der Waals surface area contributed by atoms with Crippen molar-refractivity contribution in [3.8, 4) is 17.9 Å². The van der Waals surface area contributed by atoms with E-state index in [1.807, 2.05) is 0 Å². The van der Waals surface area contributed by atoms with Gasteiger partial charge in [-0.25, -0.2) is 14.1 Å². The first-order valence-electron chi connectivity index (χ1n) is 24.2. The lowest BCUT2D eigenvalue weighted by Crippen LogP contribution is -2.40. The second-order valence-corrected chi connectivity index (χ2v) is 20.4. The normalized spacial score (nSPS) is 21.0. The molecule has 0 spiro atoms. The van der Waals surface area contributed by atoms with E-state index in [9.17, 15) is 15.1 Å². The number of hydrogen-bond donors (Lipinski definition) is 1. The molecule has 2 aliphatic heterocycles. The minimum absolute atomic E-state index is 0.0528. The molecule has 6 rings (SSSR count).